The molecule has 1 aromatic heterocycles. The van der Waals surface area contributed by atoms with Crippen LogP contribution in [0.3, 0.4) is 0 Å². The number of carboxylic acid groups (broad SMARTS) is 1. The molecule has 0 saturated heterocycles. The molecule has 2 N–H and O–H groups in total. The number of carbonyl (C=O) groups excluding carboxylic acids is 1. The number of pyridine rings is 1. The van der Waals surface area contributed by atoms with Crippen LogP contribution in [0.4, 0.5) is 10.6 Å². The average molecular weight is 428 g/mol. The third-order valence-electron chi connectivity index (χ3n) is 4.91. The normalized spacial score (nSPS) is 11.7. The number of aliphatic carboxylic acids is 1. The van der Waals surface area contributed by atoms with Gasteiger partial charge in [0.25, 0.3) is 0 Å². The number of anilines is 1. The zero-order valence-electron chi connectivity index (χ0n) is 18.6. The summed E-state index contributed by atoms with van der Waals surface area (Å²) in [5, 5.41) is 12.2. The number of carbonyl (C=O) groups is 2. The summed E-state index contributed by atoms with van der Waals surface area (Å²) < 4.78 is 5.42. The molecular weight excluding hydrogens is 394 g/mol. The summed E-state index contributed by atoms with van der Waals surface area (Å²) in [4.78, 5) is 29.8. The number of aromatic nitrogens is 1. The van der Waals surface area contributed by atoms with Gasteiger partial charge in [0.1, 0.15) is 5.82 Å². The highest BCUT2D eigenvalue weighted by Crippen LogP contribution is 2.21. The van der Waals surface area contributed by atoms with Crippen molar-refractivity contribution >= 4 is 17.8 Å². The van der Waals surface area contributed by atoms with Crippen molar-refractivity contribution in [2.45, 2.75) is 52.1 Å². The molecule has 0 saturated carbocycles. The maximum Gasteiger partial charge on any atom is 0.333 e. The molecular formula is C24H33N3O4. The molecule has 2 amide bonds. The van der Waals surface area contributed by atoms with Crippen LogP contribution in [0.5, 0.6) is 0 Å². The Hall–Kier alpha value is -2.93. The number of benzene rings is 1. The molecule has 0 radical (unpaired) electrons. The maximum absolute atomic E-state index is 12.3. The topological polar surface area (TPSA) is 91.8 Å². The standard InChI is InChI=1S/C24H33N3O4/c1-4-6-7-15-25-24(30)27(3)22-10-8-9-20(26-22)19-13-11-18(12-14-19)17-21(23(28)29)31-16-5-2/h8-14,21H,4-7,15-17H2,1-3H3,(H,25,30)(H,28,29). The van der Waals surface area contributed by atoms with Crippen LogP contribution >= 0.6 is 0 Å². The van der Waals surface area contributed by atoms with Gasteiger partial charge in [-0.25, -0.2) is 14.6 Å². The fraction of sp³-hybridized carbons (Fsp3) is 0.458. The Morgan fingerprint density at radius 2 is 1.84 bits per heavy atom. The molecule has 2 rings (SSSR count). The highest BCUT2D eigenvalue weighted by Gasteiger charge is 2.18. The Bertz CT molecular complexity index is 839. The number of ether oxygens (including phenoxy) is 1. The van der Waals surface area contributed by atoms with Gasteiger partial charge in [-0.3, -0.25) is 4.90 Å². The van der Waals surface area contributed by atoms with Crippen LogP contribution in [-0.4, -0.2) is 48.4 Å². The van der Waals surface area contributed by atoms with Crippen molar-refractivity contribution in [2.24, 2.45) is 0 Å². The Labute approximate surface area is 184 Å². The minimum atomic E-state index is -0.956. The summed E-state index contributed by atoms with van der Waals surface area (Å²) in [6, 6.07) is 13.0. The first-order chi connectivity index (χ1) is 15.0. The fourth-order valence-corrected chi connectivity index (χ4v) is 3.07. The van der Waals surface area contributed by atoms with Crippen LogP contribution in [-0.2, 0) is 16.0 Å². The Morgan fingerprint density at radius 1 is 1.10 bits per heavy atom. The van der Waals surface area contributed by atoms with E-state index in [9.17, 15) is 14.7 Å². The number of hydrogen-bond acceptors (Lipinski definition) is 4. The van der Waals surface area contributed by atoms with Crippen molar-refractivity contribution in [1.82, 2.24) is 10.3 Å². The van der Waals surface area contributed by atoms with E-state index < -0.39 is 12.1 Å². The molecule has 0 spiro atoms. The van der Waals surface area contributed by atoms with Gasteiger partial charge in [0.15, 0.2) is 6.10 Å². The van der Waals surface area contributed by atoms with Crippen LogP contribution < -0.4 is 10.2 Å². The van der Waals surface area contributed by atoms with Crippen LogP contribution in [0.15, 0.2) is 42.5 Å². The predicted octanol–water partition coefficient (Wildman–Crippen LogP) is 4.51. The number of nitrogens with zero attached hydrogens (tertiary/aromatic N) is 2. The Morgan fingerprint density at radius 3 is 2.48 bits per heavy atom. The van der Waals surface area contributed by atoms with Gasteiger partial charge in [0, 0.05) is 32.2 Å². The average Bonchev–Trinajstić information content (AvgIpc) is 2.79. The largest absolute Gasteiger partial charge is 0.479 e. The zero-order chi connectivity index (χ0) is 22.6. The van der Waals surface area contributed by atoms with E-state index in [4.69, 9.17) is 4.74 Å². The van der Waals surface area contributed by atoms with Gasteiger partial charge in [-0.1, -0.05) is 57.0 Å². The molecule has 0 fully saturated rings. The van der Waals surface area contributed by atoms with Gasteiger partial charge in [-0.2, -0.15) is 0 Å². The molecule has 0 aliphatic heterocycles. The highest BCUT2D eigenvalue weighted by atomic mass is 16.5. The molecule has 1 aromatic carbocycles. The second-order valence-corrected chi connectivity index (χ2v) is 7.48. The first kappa shape index (κ1) is 24.3. The summed E-state index contributed by atoms with van der Waals surface area (Å²) in [7, 11) is 1.70. The van der Waals surface area contributed by atoms with Crippen LogP contribution in [0.2, 0.25) is 0 Å². The number of nitrogens with one attached hydrogen (secondary N) is 1. The van der Waals surface area contributed by atoms with Crippen molar-refractivity contribution < 1.29 is 19.4 Å². The molecule has 0 aliphatic rings. The molecule has 1 atom stereocenters. The van der Waals surface area contributed by atoms with E-state index in [2.05, 4.69) is 17.2 Å². The van der Waals surface area contributed by atoms with Crippen LogP contribution in [0, 0.1) is 0 Å². The van der Waals surface area contributed by atoms with E-state index in [1.54, 1.807) is 13.1 Å². The molecule has 168 valence electrons. The molecule has 2 aromatic rings. The number of amides is 2. The lowest BCUT2D eigenvalue weighted by atomic mass is 10.0. The van der Waals surface area contributed by atoms with Gasteiger partial charge in [-0.15, -0.1) is 0 Å². The Kier molecular flexibility index (Phi) is 9.97. The van der Waals surface area contributed by atoms with Gasteiger partial charge in [-0.05, 0) is 30.5 Å². The molecule has 1 unspecified atom stereocenters. The summed E-state index contributed by atoms with van der Waals surface area (Å²) >= 11 is 0. The molecule has 0 aliphatic carbocycles. The predicted molar refractivity (Wildman–Crippen MR) is 122 cm³/mol. The monoisotopic (exact) mass is 427 g/mol. The van der Waals surface area contributed by atoms with Gasteiger partial charge in [0.05, 0.1) is 5.69 Å². The molecule has 31 heavy (non-hydrogen) atoms. The van der Waals surface area contributed by atoms with Crippen molar-refractivity contribution in [3.63, 3.8) is 0 Å². The number of carboxylic acids is 1. The molecule has 1 heterocycles. The molecule has 7 heteroatoms. The van der Waals surface area contributed by atoms with Crippen LogP contribution in [0.25, 0.3) is 11.3 Å². The van der Waals surface area contributed by atoms with E-state index in [-0.39, 0.29) is 6.03 Å². The van der Waals surface area contributed by atoms with E-state index in [1.807, 2.05) is 43.3 Å². The lowest BCUT2D eigenvalue weighted by Gasteiger charge is -2.18. The Balaban J connectivity index is 2.05. The van der Waals surface area contributed by atoms with E-state index in [0.29, 0.717) is 25.4 Å². The lowest BCUT2D eigenvalue weighted by molar-refractivity contribution is -0.150. The number of urea groups is 1. The maximum atomic E-state index is 12.3. The van der Waals surface area contributed by atoms with Gasteiger partial charge < -0.3 is 15.2 Å². The second kappa shape index (κ2) is 12.7. The smallest absolute Gasteiger partial charge is 0.333 e. The minimum Gasteiger partial charge on any atom is -0.479 e. The SMILES string of the molecule is CCCCCNC(=O)N(C)c1cccc(-c2ccc(CC(OCCC)C(=O)O)cc2)n1. The molecule has 7 nitrogen and oxygen atoms in total. The second-order valence-electron chi connectivity index (χ2n) is 7.48. The first-order valence-electron chi connectivity index (χ1n) is 10.9. The minimum absolute atomic E-state index is 0.178. The van der Waals surface area contributed by atoms with E-state index in [1.165, 1.54) is 4.90 Å². The van der Waals surface area contributed by atoms with Crippen molar-refractivity contribution in [3.05, 3.63) is 48.0 Å². The molecule has 0 bridgehead atoms. The summed E-state index contributed by atoms with van der Waals surface area (Å²) in [5.41, 5.74) is 2.52. The quantitative estimate of drug-likeness (QED) is 0.486. The highest BCUT2D eigenvalue weighted by molar-refractivity contribution is 5.90. The van der Waals surface area contributed by atoms with Gasteiger partial charge in [0.2, 0.25) is 0 Å². The van der Waals surface area contributed by atoms with Crippen molar-refractivity contribution in [2.75, 3.05) is 25.1 Å². The number of hydrogen-bond donors (Lipinski definition) is 2. The lowest BCUT2D eigenvalue weighted by Crippen LogP contribution is -2.38. The number of unbranched alkanes of at least 4 members (excludes halogenated alkanes) is 2. The third kappa shape index (κ3) is 7.68. The van der Waals surface area contributed by atoms with E-state index in [0.717, 1.165) is 42.5 Å². The number of rotatable bonds is 12. The first-order valence-corrected chi connectivity index (χ1v) is 10.9. The summed E-state index contributed by atoms with van der Waals surface area (Å²) in [5.74, 6) is -0.392. The summed E-state index contributed by atoms with van der Waals surface area (Å²) in [6.07, 6.45) is 3.39. The zero-order valence-corrected chi connectivity index (χ0v) is 18.6. The fourth-order valence-electron chi connectivity index (χ4n) is 3.07. The van der Waals surface area contributed by atoms with Crippen molar-refractivity contribution in [3.8, 4) is 11.3 Å². The van der Waals surface area contributed by atoms with Crippen LogP contribution in [0.1, 0.15) is 45.1 Å². The third-order valence-corrected chi connectivity index (χ3v) is 4.91. The van der Waals surface area contributed by atoms with Crippen molar-refractivity contribution in [1.29, 1.82) is 0 Å². The van der Waals surface area contributed by atoms with Gasteiger partial charge >= 0.3 is 12.0 Å². The van der Waals surface area contributed by atoms with E-state index >= 15 is 0 Å². The summed E-state index contributed by atoms with van der Waals surface area (Å²) in [6.45, 7) is 5.14.